The molecule has 0 saturated heterocycles. The van der Waals surface area contributed by atoms with E-state index in [0.717, 1.165) is 11.5 Å². The number of aryl methyl sites for hydroxylation is 1. The topological polar surface area (TPSA) is 67.9 Å². The van der Waals surface area contributed by atoms with Crippen LogP contribution in [-0.2, 0) is 0 Å². The largest absolute Gasteiger partial charge is 0.438 e. The minimum Gasteiger partial charge on any atom is -0.438 e. The van der Waals surface area contributed by atoms with Gasteiger partial charge in [0, 0.05) is 23.2 Å². The van der Waals surface area contributed by atoms with Crippen LogP contribution < -0.4 is 10.2 Å². The second kappa shape index (κ2) is 7.53. The molecule has 1 N–H and O–H groups in total. The lowest BCUT2D eigenvalue weighted by molar-refractivity contribution is 0.444. The van der Waals surface area contributed by atoms with Gasteiger partial charge in [0.2, 0.25) is 5.88 Å². The molecule has 0 fully saturated rings. The van der Waals surface area contributed by atoms with Gasteiger partial charge in [0.05, 0.1) is 33.4 Å². The molecule has 7 heteroatoms. The van der Waals surface area contributed by atoms with Gasteiger partial charge in [0.25, 0.3) is 0 Å². The van der Waals surface area contributed by atoms with Crippen molar-refractivity contribution >= 4 is 21.8 Å². The van der Waals surface area contributed by atoms with Crippen molar-refractivity contribution in [2.45, 2.75) is 13.8 Å². The Kier molecular flexibility index (Phi) is 4.66. The number of halogens is 2. The van der Waals surface area contributed by atoms with Gasteiger partial charge in [0.15, 0.2) is 17.1 Å². The number of hydrogen-bond donors (Lipinski definition) is 1. The molecule has 5 rings (SSSR count). The fourth-order valence-corrected chi connectivity index (χ4v) is 3.73. The summed E-state index contributed by atoms with van der Waals surface area (Å²) < 4.78 is 33.7. The van der Waals surface area contributed by atoms with Crippen molar-refractivity contribution in [1.29, 1.82) is 0 Å². The number of nitrogens with one attached hydrogen (secondary N) is 1. The van der Waals surface area contributed by atoms with E-state index in [0.29, 0.717) is 33.4 Å². The third kappa shape index (κ3) is 3.28. The summed E-state index contributed by atoms with van der Waals surface area (Å²) in [5.41, 5.74) is 2.75. The molecule has 0 amide bonds. The molecule has 158 valence electrons. The van der Waals surface area contributed by atoms with E-state index >= 15 is 0 Å². The first-order valence-corrected chi connectivity index (χ1v) is 9.93. The number of hydrogen-bond acceptors (Lipinski definition) is 4. The van der Waals surface area contributed by atoms with E-state index in [-0.39, 0.29) is 22.6 Å². The summed E-state index contributed by atoms with van der Waals surface area (Å²) in [6.45, 7) is 3.21. The molecule has 0 spiro atoms. The summed E-state index contributed by atoms with van der Waals surface area (Å²) in [5, 5.41) is 1.34. The van der Waals surface area contributed by atoms with Crippen LogP contribution in [0.25, 0.3) is 33.1 Å². The van der Waals surface area contributed by atoms with E-state index < -0.39 is 11.6 Å². The molecular formula is C25H17F2N3O2. The van der Waals surface area contributed by atoms with Crippen LogP contribution >= 0.6 is 0 Å². The molecule has 0 radical (unpaired) electrons. The lowest BCUT2D eigenvalue weighted by atomic mass is 10.1. The summed E-state index contributed by atoms with van der Waals surface area (Å²) in [4.78, 5) is 24.9. The highest BCUT2D eigenvalue weighted by Gasteiger charge is 2.17. The number of H-pyrrole nitrogens is 1. The summed E-state index contributed by atoms with van der Waals surface area (Å²) in [6, 6.07) is 14.8. The fraction of sp³-hybridized carbons (Fsp3) is 0.0800. The molecule has 0 saturated carbocycles. The van der Waals surface area contributed by atoms with Crippen LogP contribution in [0.3, 0.4) is 0 Å². The Morgan fingerprint density at radius 1 is 1.00 bits per heavy atom. The molecule has 0 bridgehead atoms. The summed E-state index contributed by atoms with van der Waals surface area (Å²) >= 11 is 0. The highest BCUT2D eigenvalue weighted by atomic mass is 19.2. The highest BCUT2D eigenvalue weighted by molar-refractivity contribution is 5.88. The number of para-hydroxylation sites is 1. The predicted molar refractivity (Wildman–Crippen MR) is 119 cm³/mol. The Hall–Kier alpha value is -4.13. The number of fused-ring (bicyclic) bond motifs is 2. The molecule has 3 aromatic heterocycles. The molecule has 5 aromatic rings. The van der Waals surface area contributed by atoms with Crippen LogP contribution in [0.2, 0.25) is 0 Å². The molecule has 0 aliphatic carbocycles. The number of benzene rings is 2. The van der Waals surface area contributed by atoms with E-state index in [9.17, 15) is 13.6 Å². The van der Waals surface area contributed by atoms with E-state index in [1.807, 2.05) is 30.3 Å². The van der Waals surface area contributed by atoms with Gasteiger partial charge in [-0.25, -0.2) is 13.8 Å². The van der Waals surface area contributed by atoms with Gasteiger partial charge in [-0.1, -0.05) is 18.2 Å². The Balaban J connectivity index is 1.75. The Bertz CT molecular complexity index is 1580. The highest BCUT2D eigenvalue weighted by Crippen LogP contribution is 2.35. The van der Waals surface area contributed by atoms with E-state index in [4.69, 9.17) is 4.74 Å². The standard InChI is InChI=1S/C25H17F2N3O2/c1-13-22(8-7-17(26)24(13)27)32-25-16(11-15-5-3-4-6-18(15)30-25)20-12-21(31)23-14(2)28-10-9-19(23)29-20/h3-12H,1-2H3,(H,29,31). The van der Waals surface area contributed by atoms with Crippen LogP contribution in [0, 0.1) is 25.5 Å². The van der Waals surface area contributed by atoms with Crippen molar-refractivity contribution in [2.24, 2.45) is 0 Å². The number of rotatable bonds is 3. The van der Waals surface area contributed by atoms with Crippen LogP contribution in [0.15, 0.2) is 65.6 Å². The molecule has 0 aliphatic rings. The second-order valence-electron chi connectivity index (χ2n) is 7.49. The normalized spacial score (nSPS) is 11.2. The van der Waals surface area contributed by atoms with E-state index in [1.165, 1.54) is 19.1 Å². The molecule has 0 atom stereocenters. The molecule has 5 nitrogen and oxygen atoms in total. The molecule has 0 unspecified atom stereocenters. The number of aromatic nitrogens is 3. The van der Waals surface area contributed by atoms with Gasteiger partial charge in [0.1, 0.15) is 5.75 Å². The fourth-order valence-electron chi connectivity index (χ4n) is 3.73. The third-order valence-electron chi connectivity index (χ3n) is 5.41. The Morgan fingerprint density at radius 3 is 2.66 bits per heavy atom. The van der Waals surface area contributed by atoms with E-state index in [2.05, 4.69) is 15.0 Å². The zero-order valence-corrected chi connectivity index (χ0v) is 17.2. The maximum Gasteiger partial charge on any atom is 0.229 e. The summed E-state index contributed by atoms with van der Waals surface area (Å²) in [5.74, 6) is -1.63. The van der Waals surface area contributed by atoms with Crippen LogP contribution in [-0.4, -0.2) is 15.0 Å². The Morgan fingerprint density at radius 2 is 1.81 bits per heavy atom. The zero-order chi connectivity index (χ0) is 22.4. The molecule has 32 heavy (non-hydrogen) atoms. The van der Waals surface area contributed by atoms with Crippen molar-refractivity contribution in [2.75, 3.05) is 0 Å². The van der Waals surface area contributed by atoms with Gasteiger partial charge in [-0.3, -0.25) is 9.78 Å². The van der Waals surface area contributed by atoms with E-state index in [1.54, 1.807) is 19.2 Å². The first kappa shape index (κ1) is 19.8. The first-order valence-electron chi connectivity index (χ1n) is 9.93. The van der Waals surface area contributed by atoms with Gasteiger partial charge in [-0.2, -0.15) is 0 Å². The van der Waals surface area contributed by atoms with Gasteiger partial charge in [-0.05, 0) is 44.2 Å². The lowest BCUT2D eigenvalue weighted by Gasteiger charge is -2.14. The van der Waals surface area contributed by atoms with Gasteiger partial charge in [-0.15, -0.1) is 0 Å². The number of pyridine rings is 3. The quantitative estimate of drug-likeness (QED) is 0.392. The minimum absolute atomic E-state index is 0.0274. The van der Waals surface area contributed by atoms with Gasteiger partial charge < -0.3 is 9.72 Å². The van der Waals surface area contributed by atoms with Crippen molar-refractivity contribution in [3.8, 4) is 22.9 Å². The number of nitrogens with zero attached hydrogens (tertiary/aromatic N) is 2. The SMILES string of the molecule is Cc1c(Oc2nc3ccccc3cc2-c2cc(=O)c3c(C)nccc3[nH]2)ccc(F)c1F. The maximum absolute atomic E-state index is 14.1. The molecule has 2 aromatic carbocycles. The summed E-state index contributed by atoms with van der Waals surface area (Å²) in [6.07, 6.45) is 1.62. The second-order valence-corrected chi connectivity index (χ2v) is 7.49. The molecule has 3 heterocycles. The van der Waals surface area contributed by atoms with Crippen molar-refractivity contribution in [3.63, 3.8) is 0 Å². The maximum atomic E-state index is 14.1. The molecule has 0 aliphatic heterocycles. The average molecular weight is 429 g/mol. The summed E-state index contributed by atoms with van der Waals surface area (Å²) in [7, 11) is 0. The van der Waals surface area contributed by atoms with Crippen molar-refractivity contribution < 1.29 is 13.5 Å². The van der Waals surface area contributed by atoms with Crippen molar-refractivity contribution in [3.05, 3.63) is 93.9 Å². The number of aromatic amines is 1. The number of ether oxygens (including phenoxy) is 1. The lowest BCUT2D eigenvalue weighted by Crippen LogP contribution is -2.06. The smallest absolute Gasteiger partial charge is 0.229 e. The monoisotopic (exact) mass is 429 g/mol. The minimum atomic E-state index is -0.980. The average Bonchev–Trinajstić information content (AvgIpc) is 2.78. The first-order chi connectivity index (χ1) is 15.4. The Labute approximate surface area is 181 Å². The van der Waals surface area contributed by atoms with Crippen LogP contribution in [0.4, 0.5) is 8.78 Å². The van der Waals surface area contributed by atoms with Crippen LogP contribution in [0.5, 0.6) is 11.6 Å². The van der Waals surface area contributed by atoms with Crippen molar-refractivity contribution in [1.82, 2.24) is 15.0 Å². The van der Waals surface area contributed by atoms with Gasteiger partial charge >= 0.3 is 0 Å². The zero-order valence-electron chi connectivity index (χ0n) is 17.2. The predicted octanol–water partition coefficient (Wildman–Crippen LogP) is 5.83. The van der Waals surface area contributed by atoms with Crippen LogP contribution in [0.1, 0.15) is 11.3 Å². The molecular weight excluding hydrogens is 412 g/mol. The third-order valence-corrected chi connectivity index (χ3v) is 5.41.